The molecule has 0 atom stereocenters. The second-order valence-electron chi connectivity index (χ2n) is 15.1. The number of pyridine rings is 3. The van der Waals surface area contributed by atoms with Gasteiger partial charge in [-0.3, -0.25) is 15.0 Å². The molecule has 20 heteroatoms. The van der Waals surface area contributed by atoms with E-state index in [4.69, 9.17) is 10.0 Å². The Labute approximate surface area is 428 Å². The minimum Gasteiger partial charge on any atom is -0.423 e. The van der Waals surface area contributed by atoms with Gasteiger partial charge in [-0.1, -0.05) is 86.5 Å². The van der Waals surface area contributed by atoms with E-state index in [0.29, 0.717) is 5.46 Å². The maximum atomic E-state index is 13.3. The molecule has 0 radical (unpaired) electrons. The first-order valence-electron chi connectivity index (χ1n) is 20.9. The largest absolute Gasteiger partial charge is 0.490 e. The number of aromatic nitrogens is 3. The van der Waals surface area contributed by atoms with Crippen molar-refractivity contribution < 1.29 is 43.7 Å². The lowest BCUT2D eigenvalue weighted by atomic mass is 9.82. The first kappa shape index (κ1) is 52.3. The van der Waals surface area contributed by atoms with E-state index in [1.54, 1.807) is 104 Å². The smallest absolute Gasteiger partial charge is 0.423 e. The van der Waals surface area contributed by atoms with Crippen molar-refractivity contribution in [3.63, 3.8) is 0 Å². The average molecular weight is 1150 g/mol. The summed E-state index contributed by atoms with van der Waals surface area (Å²) in [5.41, 5.74) is 3.80. The summed E-state index contributed by atoms with van der Waals surface area (Å²) in [5, 5.41) is 17.1. The van der Waals surface area contributed by atoms with Crippen molar-refractivity contribution in [2.75, 3.05) is 0 Å². The summed E-state index contributed by atoms with van der Waals surface area (Å²) in [6, 6.07) is 46.6. The van der Waals surface area contributed by atoms with Gasteiger partial charge in [0.15, 0.2) is 0 Å². The summed E-state index contributed by atoms with van der Waals surface area (Å²) in [4.78, 5) is 11.9. The summed E-state index contributed by atoms with van der Waals surface area (Å²) in [6.07, 6.45) is 9.70. The van der Waals surface area contributed by atoms with Crippen LogP contribution in [0, 0.1) is 0 Å². The van der Waals surface area contributed by atoms with E-state index < -0.39 is 46.5 Å². The minimum absolute atomic E-state index is 0.0713. The fourth-order valence-corrected chi connectivity index (χ4v) is 12.5. The van der Waals surface area contributed by atoms with Gasteiger partial charge in [-0.25, -0.2) is 33.7 Å². The second-order valence-corrected chi connectivity index (χ2v) is 24.7. The van der Waals surface area contributed by atoms with Crippen LogP contribution < -0.4 is 5.46 Å². The molecule has 13 nitrogen and oxygen atoms in total. The first-order chi connectivity index (χ1) is 33.9. The average Bonchev–Trinajstić information content (AvgIpc) is 3.40. The highest BCUT2D eigenvalue weighted by molar-refractivity contribution is 9.10. The highest BCUT2D eigenvalue weighted by Crippen LogP contribution is 2.31. The van der Waals surface area contributed by atoms with E-state index in [0.717, 1.165) is 31.2 Å². The van der Waals surface area contributed by atoms with Gasteiger partial charge in [0, 0.05) is 51.6 Å². The molecule has 6 aromatic carbocycles. The number of hydrogen-bond acceptors (Lipinski definition) is 13. The molecule has 0 aliphatic rings. The molecule has 0 amide bonds. The molecule has 9 rings (SSSR count). The standard InChI is InChI=1S/C28H20N2O4S2.C18H12Br2O4S2.C5H6BNO2/c31-35(32,25-12-8-21(9-13-25)23-4-2-16-29-19-23)27-6-1-7-28(18-27)36(33,34)26-14-10-22(11-15-26)24-5-3-17-30-20-24;19-13-4-8-15(9-5-13)25(21,22)17-2-1-3-18(12-17)26(23,24)16-10-6-14(20)7-11-16;8-6(9)5-2-1-3-7-4-5/h1-20H;1-12H;1-4,8-9H. The van der Waals surface area contributed by atoms with Crippen LogP contribution in [0.4, 0.5) is 0 Å². The van der Waals surface area contributed by atoms with Crippen LogP contribution in [-0.4, -0.2) is 65.8 Å². The van der Waals surface area contributed by atoms with Gasteiger partial charge in [0.2, 0.25) is 39.3 Å². The van der Waals surface area contributed by atoms with Gasteiger partial charge in [-0.15, -0.1) is 0 Å². The summed E-state index contributed by atoms with van der Waals surface area (Å²) in [6.45, 7) is 0. The number of nitrogens with zero attached hydrogens (tertiary/aromatic N) is 3. The lowest BCUT2D eigenvalue weighted by molar-refractivity contribution is 0.425. The molecule has 3 heterocycles. The molecule has 9 aromatic rings. The molecule has 0 unspecified atom stereocenters. The van der Waals surface area contributed by atoms with Crippen LogP contribution in [0.1, 0.15) is 0 Å². The molecule has 0 saturated carbocycles. The molecular weight excluding hydrogens is 1110 g/mol. The van der Waals surface area contributed by atoms with Crippen molar-refractivity contribution in [2.45, 2.75) is 39.2 Å². The Balaban J connectivity index is 0.000000184. The number of halogens is 2. The van der Waals surface area contributed by atoms with Crippen LogP contribution in [0.15, 0.2) is 267 Å². The third-order valence-corrected chi connectivity index (χ3v) is 18.5. The highest BCUT2D eigenvalue weighted by Gasteiger charge is 2.25. The van der Waals surface area contributed by atoms with Gasteiger partial charge in [-0.2, -0.15) is 0 Å². The van der Waals surface area contributed by atoms with Crippen LogP contribution in [0.3, 0.4) is 0 Å². The van der Waals surface area contributed by atoms with Crippen LogP contribution in [0.2, 0.25) is 0 Å². The Kier molecular flexibility index (Phi) is 16.8. The number of hydrogen-bond donors (Lipinski definition) is 2. The molecule has 0 fully saturated rings. The number of benzene rings is 6. The van der Waals surface area contributed by atoms with E-state index in [1.165, 1.54) is 103 Å². The van der Waals surface area contributed by atoms with Crippen LogP contribution >= 0.6 is 31.9 Å². The van der Waals surface area contributed by atoms with Crippen molar-refractivity contribution >= 4 is 83.8 Å². The molecule has 3 aromatic heterocycles. The Bertz CT molecular complexity index is 3500. The Hall–Kier alpha value is -6.49. The normalized spacial score (nSPS) is 11.5. The van der Waals surface area contributed by atoms with Crippen molar-refractivity contribution in [3.05, 3.63) is 228 Å². The topological polar surface area (TPSA) is 216 Å². The van der Waals surface area contributed by atoms with Gasteiger partial charge in [-0.05, 0) is 150 Å². The second kappa shape index (κ2) is 22.7. The van der Waals surface area contributed by atoms with Gasteiger partial charge >= 0.3 is 7.12 Å². The van der Waals surface area contributed by atoms with E-state index in [9.17, 15) is 33.7 Å². The van der Waals surface area contributed by atoms with Gasteiger partial charge in [0.1, 0.15) is 0 Å². The SMILES string of the molecule is O=S(=O)(c1ccc(-c2cccnc2)cc1)c1cccc(S(=O)(=O)c2ccc(-c3cccnc3)cc2)c1.O=S(=O)(c1ccc(Br)cc1)c1cccc(S(=O)(=O)c2ccc(Br)cc2)c1.OB(O)c1cccnc1. The van der Waals surface area contributed by atoms with E-state index >= 15 is 0 Å². The summed E-state index contributed by atoms with van der Waals surface area (Å²) >= 11 is 6.52. The lowest BCUT2D eigenvalue weighted by Crippen LogP contribution is -2.29. The predicted octanol–water partition coefficient (Wildman–Crippen LogP) is 9.11. The van der Waals surface area contributed by atoms with Gasteiger partial charge in [0.05, 0.1) is 39.2 Å². The zero-order chi connectivity index (χ0) is 50.8. The number of rotatable bonds is 11. The molecule has 358 valence electrons. The molecule has 71 heavy (non-hydrogen) atoms. The van der Waals surface area contributed by atoms with Gasteiger partial charge in [0.25, 0.3) is 0 Å². The first-order valence-corrected chi connectivity index (χ1v) is 28.4. The van der Waals surface area contributed by atoms with Crippen LogP contribution in [0.25, 0.3) is 22.3 Å². The molecule has 0 aliphatic heterocycles. The zero-order valence-electron chi connectivity index (χ0n) is 36.8. The van der Waals surface area contributed by atoms with Crippen molar-refractivity contribution in [2.24, 2.45) is 0 Å². The van der Waals surface area contributed by atoms with Crippen molar-refractivity contribution in [1.82, 2.24) is 15.0 Å². The van der Waals surface area contributed by atoms with E-state index in [2.05, 4.69) is 46.8 Å². The summed E-state index contributed by atoms with van der Waals surface area (Å²) < 4.78 is 106. The third-order valence-electron chi connectivity index (χ3n) is 10.4. The van der Waals surface area contributed by atoms with Gasteiger partial charge < -0.3 is 10.0 Å². The monoisotopic (exact) mass is 1150 g/mol. The predicted molar refractivity (Wildman–Crippen MR) is 276 cm³/mol. The maximum absolute atomic E-state index is 13.3. The highest BCUT2D eigenvalue weighted by atomic mass is 79.9. The fourth-order valence-electron chi connectivity index (χ4n) is 6.64. The van der Waals surface area contributed by atoms with E-state index in [1.807, 2.05) is 12.1 Å². The molecule has 0 saturated heterocycles. The third kappa shape index (κ3) is 12.7. The molecule has 0 aliphatic carbocycles. The quantitative estimate of drug-likeness (QED) is 0.116. The zero-order valence-corrected chi connectivity index (χ0v) is 43.2. The summed E-state index contributed by atoms with van der Waals surface area (Å²) in [7, 11) is -16.9. The van der Waals surface area contributed by atoms with Crippen LogP contribution in [-0.2, 0) is 39.3 Å². The summed E-state index contributed by atoms with van der Waals surface area (Å²) in [5.74, 6) is 0. The molecule has 2 N–H and O–H groups in total. The number of sulfone groups is 4. The van der Waals surface area contributed by atoms with Crippen molar-refractivity contribution in [3.8, 4) is 22.3 Å². The molecule has 0 bridgehead atoms. The fraction of sp³-hybridized carbons (Fsp3) is 0. The van der Waals surface area contributed by atoms with Crippen LogP contribution in [0.5, 0.6) is 0 Å². The van der Waals surface area contributed by atoms with E-state index in [-0.39, 0.29) is 39.2 Å². The van der Waals surface area contributed by atoms with Crippen molar-refractivity contribution in [1.29, 1.82) is 0 Å². The Morgan fingerprint density at radius 2 is 0.620 bits per heavy atom. The minimum atomic E-state index is -3.93. The maximum Gasteiger partial charge on any atom is 0.490 e. The Morgan fingerprint density at radius 1 is 0.324 bits per heavy atom. The molecule has 0 spiro atoms. The lowest BCUT2D eigenvalue weighted by Gasteiger charge is -2.10. The molecular formula is C51H38BBr2N3O10S4. The Morgan fingerprint density at radius 3 is 0.873 bits per heavy atom.